The highest BCUT2D eigenvalue weighted by Crippen LogP contribution is 2.18. The molecule has 0 radical (unpaired) electrons. The Balaban J connectivity index is 1.58. The van der Waals surface area contributed by atoms with E-state index in [-0.39, 0.29) is 11.7 Å². The molecule has 0 atom stereocenters. The predicted molar refractivity (Wildman–Crippen MR) is 123 cm³/mol. The zero-order valence-corrected chi connectivity index (χ0v) is 17.9. The molecule has 5 heteroatoms. The molecule has 3 aromatic carbocycles. The largest absolute Gasteiger partial charge is 0.497 e. The molecular formula is C27H25FN2O2. The van der Waals surface area contributed by atoms with Crippen LogP contribution in [0.1, 0.15) is 27.2 Å². The van der Waals surface area contributed by atoms with Crippen LogP contribution in [0.25, 0.3) is 0 Å². The van der Waals surface area contributed by atoms with E-state index in [2.05, 4.69) is 4.57 Å². The van der Waals surface area contributed by atoms with Gasteiger partial charge in [0.1, 0.15) is 11.6 Å². The Labute approximate surface area is 187 Å². The summed E-state index contributed by atoms with van der Waals surface area (Å²) < 4.78 is 20.6. The Bertz CT molecular complexity index is 1150. The van der Waals surface area contributed by atoms with E-state index in [0.29, 0.717) is 30.9 Å². The van der Waals surface area contributed by atoms with Gasteiger partial charge in [-0.2, -0.15) is 0 Å². The molecule has 1 aromatic heterocycles. The number of carbonyl (C=O) groups excluding carboxylic acids is 1. The van der Waals surface area contributed by atoms with E-state index in [0.717, 1.165) is 16.8 Å². The first kappa shape index (κ1) is 21.4. The van der Waals surface area contributed by atoms with Crippen molar-refractivity contribution in [3.8, 4) is 5.75 Å². The van der Waals surface area contributed by atoms with Crippen LogP contribution in [0.5, 0.6) is 5.75 Å². The van der Waals surface area contributed by atoms with Gasteiger partial charge in [0, 0.05) is 30.5 Å². The molecule has 0 aliphatic rings. The molecule has 0 saturated carbocycles. The van der Waals surface area contributed by atoms with Crippen LogP contribution in [0.2, 0.25) is 0 Å². The fraction of sp³-hybridized carbons (Fsp3) is 0.148. The van der Waals surface area contributed by atoms with Crippen molar-refractivity contribution < 1.29 is 13.9 Å². The second-order valence-electron chi connectivity index (χ2n) is 7.63. The molecular weight excluding hydrogens is 403 g/mol. The molecule has 4 nitrogen and oxygen atoms in total. The molecule has 4 aromatic rings. The van der Waals surface area contributed by atoms with Crippen LogP contribution in [0.15, 0.2) is 97.2 Å². The van der Waals surface area contributed by atoms with Gasteiger partial charge < -0.3 is 14.2 Å². The Morgan fingerprint density at radius 3 is 2.25 bits per heavy atom. The summed E-state index contributed by atoms with van der Waals surface area (Å²) in [5.74, 6) is 0.413. The lowest BCUT2D eigenvalue weighted by Crippen LogP contribution is -2.31. The van der Waals surface area contributed by atoms with Crippen molar-refractivity contribution in [2.45, 2.75) is 19.6 Å². The molecule has 0 unspecified atom stereocenters. The van der Waals surface area contributed by atoms with Crippen molar-refractivity contribution in [2.75, 3.05) is 7.11 Å². The number of hydrogen-bond donors (Lipinski definition) is 0. The highest BCUT2D eigenvalue weighted by molar-refractivity contribution is 5.94. The van der Waals surface area contributed by atoms with Gasteiger partial charge in [-0.3, -0.25) is 4.79 Å². The maximum Gasteiger partial charge on any atom is 0.254 e. The van der Waals surface area contributed by atoms with E-state index in [4.69, 9.17) is 4.74 Å². The summed E-state index contributed by atoms with van der Waals surface area (Å²) in [7, 11) is 1.60. The maximum absolute atomic E-state index is 13.4. The van der Waals surface area contributed by atoms with Gasteiger partial charge in [0.15, 0.2) is 0 Å². The van der Waals surface area contributed by atoms with E-state index in [9.17, 15) is 9.18 Å². The third-order valence-electron chi connectivity index (χ3n) is 5.38. The third kappa shape index (κ3) is 5.24. The first-order valence-corrected chi connectivity index (χ1v) is 10.5. The Hall–Kier alpha value is -3.86. The highest BCUT2D eigenvalue weighted by atomic mass is 19.1. The molecule has 4 rings (SSSR count). The van der Waals surface area contributed by atoms with E-state index in [1.807, 2.05) is 53.6 Å². The number of methoxy groups -OCH3 is 1. The van der Waals surface area contributed by atoms with Crippen LogP contribution in [-0.2, 0) is 19.6 Å². The summed E-state index contributed by atoms with van der Waals surface area (Å²) in [6, 6.07) is 27.6. The van der Waals surface area contributed by atoms with Crippen LogP contribution < -0.4 is 4.74 Å². The third-order valence-corrected chi connectivity index (χ3v) is 5.38. The summed E-state index contributed by atoms with van der Waals surface area (Å²) >= 11 is 0. The number of benzene rings is 3. The number of amides is 1. The number of hydrogen-bond acceptors (Lipinski definition) is 2. The molecule has 0 aliphatic heterocycles. The van der Waals surface area contributed by atoms with E-state index in [1.54, 1.807) is 43.5 Å². The van der Waals surface area contributed by atoms with E-state index < -0.39 is 0 Å². The maximum atomic E-state index is 13.4. The lowest BCUT2D eigenvalue weighted by molar-refractivity contribution is 0.0726. The molecule has 0 spiro atoms. The topological polar surface area (TPSA) is 34.5 Å². The van der Waals surface area contributed by atoms with Crippen LogP contribution in [0.4, 0.5) is 4.39 Å². The average molecular weight is 429 g/mol. The molecule has 162 valence electrons. The number of rotatable bonds is 8. The first-order chi connectivity index (χ1) is 15.6. The lowest BCUT2D eigenvalue weighted by atomic mass is 10.1. The number of aromatic nitrogens is 1. The standard InChI is InChI=1S/C27H25FN2O2/c1-32-26-15-11-23(12-16-26)27(31)30(19-21-6-3-2-4-7-21)20-25-8-5-17-29(25)18-22-9-13-24(28)14-10-22/h2-17H,18-20H2,1H3. The number of nitrogens with zero attached hydrogens (tertiary/aromatic N) is 2. The monoisotopic (exact) mass is 428 g/mol. The van der Waals surface area contributed by atoms with Crippen molar-refractivity contribution in [1.29, 1.82) is 0 Å². The fourth-order valence-electron chi connectivity index (χ4n) is 3.65. The fourth-order valence-corrected chi connectivity index (χ4v) is 3.65. The molecule has 32 heavy (non-hydrogen) atoms. The number of halogens is 1. The lowest BCUT2D eigenvalue weighted by Gasteiger charge is -2.24. The Morgan fingerprint density at radius 2 is 1.56 bits per heavy atom. The Kier molecular flexibility index (Phi) is 6.66. The van der Waals surface area contributed by atoms with Gasteiger partial charge in [-0.1, -0.05) is 42.5 Å². The second kappa shape index (κ2) is 9.96. The van der Waals surface area contributed by atoms with Crippen LogP contribution in [0.3, 0.4) is 0 Å². The highest BCUT2D eigenvalue weighted by Gasteiger charge is 2.18. The van der Waals surface area contributed by atoms with Crippen LogP contribution in [-0.4, -0.2) is 22.5 Å². The van der Waals surface area contributed by atoms with Crippen LogP contribution >= 0.6 is 0 Å². The molecule has 1 heterocycles. The molecule has 0 N–H and O–H groups in total. The molecule has 0 saturated heterocycles. The quantitative estimate of drug-likeness (QED) is 0.370. The van der Waals surface area contributed by atoms with Gasteiger partial charge in [0.05, 0.1) is 13.7 Å². The molecule has 0 fully saturated rings. The first-order valence-electron chi connectivity index (χ1n) is 10.5. The second-order valence-corrected chi connectivity index (χ2v) is 7.63. The van der Waals surface area contributed by atoms with Gasteiger partial charge in [0.2, 0.25) is 0 Å². The normalized spacial score (nSPS) is 10.7. The van der Waals surface area contributed by atoms with E-state index in [1.165, 1.54) is 12.1 Å². The average Bonchev–Trinajstić information content (AvgIpc) is 3.27. The smallest absolute Gasteiger partial charge is 0.254 e. The van der Waals surface area contributed by atoms with Gasteiger partial charge >= 0.3 is 0 Å². The van der Waals surface area contributed by atoms with Gasteiger partial charge in [-0.25, -0.2) is 4.39 Å². The summed E-state index contributed by atoms with van der Waals surface area (Å²) in [6.45, 7) is 1.56. The number of ether oxygens (including phenoxy) is 1. The van der Waals surface area contributed by atoms with E-state index >= 15 is 0 Å². The van der Waals surface area contributed by atoms with Crippen molar-refractivity contribution in [2.24, 2.45) is 0 Å². The summed E-state index contributed by atoms with van der Waals surface area (Å²) in [4.78, 5) is 15.3. The minimum Gasteiger partial charge on any atom is -0.497 e. The SMILES string of the molecule is COc1ccc(C(=O)N(Cc2ccccc2)Cc2cccn2Cc2ccc(F)cc2)cc1. The van der Waals surface area contributed by atoms with Crippen LogP contribution in [0, 0.1) is 5.82 Å². The van der Waals surface area contributed by atoms with Gasteiger partial charge in [-0.15, -0.1) is 0 Å². The summed E-state index contributed by atoms with van der Waals surface area (Å²) in [6.07, 6.45) is 1.98. The van der Waals surface area contributed by atoms with Gasteiger partial charge in [0.25, 0.3) is 5.91 Å². The minimum atomic E-state index is -0.249. The molecule has 1 amide bonds. The van der Waals surface area contributed by atoms with Gasteiger partial charge in [-0.05, 0) is 59.7 Å². The zero-order valence-electron chi connectivity index (χ0n) is 17.9. The van der Waals surface area contributed by atoms with Crippen molar-refractivity contribution in [3.63, 3.8) is 0 Å². The molecule has 0 bridgehead atoms. The van der Waals surface area contributed by atoms with Crippen molar-refractivity contribution >= 4 is 5.91 Å². The summed E-state index contributed by atoms with van der Waals surface area (Å²) in [5.41, 5.74) is 3.68. The Morgan fingerprint density at radius 1 is 0.844 bits per heavy atom. The molecule has 0 aliphatic carbocycles. The number of carbonyl (C=O) groups is 1. The van der Waals surface area contributed by atoms with Crippen molar-refractivity contribution in [3.05, 3.63) is 125 Å². The minimum absolute atomic E-state index is 0.0500. The van der Waals surface area contributed by atoms with Crippen molar-refractivity contribution in [1.82, 2.24) is 9.47 Å². The zero-order chi connectivity index (χ0) is 22.3. The summed E-state index contributed by atoms with van der Waals surface area (Å²) in [5, 5.41) is 0. The predicted octanol–water partition coefficient (Wildman–Crippen LogP) is 5.53.